The van der Waals surface area contributed by atoms with Gasteiger partial charge in [0.15, 0.2) is 0 Å². The Labute approximate surface area is 114 Å². The van der Waals surface area contributed by atoms with Gasteiger partial charge in [-0.05, 0) is 68.8 Å². The molecule has 1 amide bonds. The van der Waals surface area contributed by atoms with Gasteiger partial charge in [0.05, 0.1) is 0 Å². The largest absolute Gasteiger partial charge is 0.352 e. The van der Waals surface area contributed by atoms with Crippen molar-refractivity contribution in [2.75, 3.05) is 6.54 Å². The molecule has 0 spiro atoms. The van der Waals surface area contributed by atoms with Crippen molar-refractivity contribution in [2.45, 2.75) is 50.3 Å². The lowest BCUT2D eigenvalue weighted by Gasteiger charge is -2.60. The van der Waals surface area contributed by atoms with Crippen molar-refractivity contribution in [2.24, 2.45) is 17.3 Å². The Kier molecular flexibility index (Phi) is 2.97. The number of nitrogens with one attached hydrogen (secondary N) is 1. The fourth-order valence-electron chi connectivity index (χ4n) is 5.03. The maximum absolute atomic E-state index is 11.6. The van der Waals surface area contributed by atoms with Crippen molar-refractivity contribution >= 4 is 17.5 Å². The molecule has 0 aromatic heterocycles. The first kappa shape index (κ1) is 12.5. The Bertz CT molecular complexity index is 376. The molecule has 0 heterocycles. The molecule has 4 rings (SSSR count). The molecule has 4 aliphatic rings. The van der Waals surface area contributed by atoms with E-state index in [1.807, 2.05) is 6.92 Å². The summed E-state index contributed by atoms with van der Waals surface area (Å²) in [5.74, 6) is 1.65. The predicted octanol–water partition coefficient (Wildman–Crippen LogP) is 3.26. The van der Waals surface area contributed by atoms with E-state index >= 15 is 0 Å². The van der Waals surface area contributed by atoms with Gasteiger partial charge in [-0.2, -0.15) is 0 Å². The van der Waals surface area contributed by atoms with Crippen molar-refractivity contribution in [3.8, 4) is 0 Å². The zero-order chi connectivity index (χ0) is 12.8. The number of rotatable bonds is 3. The molecule has 0 aromatic rings. The summed E-state index contributed by atoms with van der Waals surface area (Å²) in [5, 5.41) is 3.07. The van der Waals surface area contributed by atoms with Crippen LogP contribution in [0.25, 0.3) is 0 Å². The van der Waals surface area contributed by atoms with E-state index in [0.29, 0.717) is 5.41 Å². The van der Waals surface area contributed by atoms with E-state index in [9.17, 15) is 4.79 Å². The molecule has 18 heavy (non-hydrogen) atoms. The summed E-state index contributed by atoms with van der Waals surface area (Å²) >= 11 is 6.77. The number of allylic oxidation sites excluding steroid dienone is 1. The lowest BCUT2D eigenvalue weighted by molar-refractivity contribution is -0.118. The minimum Gasteiger partial charge on any atom is -0.352 e. The highest BCUT2D eigenvalue weighted by atomic mass is 35.5. The smallest absolute Gasteiger partial charge is 0.243 e. The molecule has 100 valence electrons. The maximum Gasteiger partial charge on any atom is 0.243 e. The second-order valence-electron chi connectivity index (χ2n) is 6.83. The molecule has 0 radical (unpaired) electrons. The minimum atomic E-state index is 0.0388. The molecule has 1 N–H and O–H groups in total. The lowest BCUT2D eigenvalue weighted by Crippen LogP contribution is -2.56. The molecule has 4 fully saturated rings. The second kappa shape index (κ2) is 4.26. The SMILES string of the molecule is C/C=C/C(=O)NCC12C[C@@H]3C[C@@H](CC(Cl)(C3)C1)C2. The van der Waals surface area contributed by atoms with Gasteiger partial charge in [0, 0.05) is 11.4 Å². The first-order chi connectivity index (χ1) is 8.53. The fourth-order valence-corrected chi connectivity index (χ4v) is 5.75. The van der Waals surface area contributed by atoms with E-state index in [1.54, 1.807) is 12.2 Å². The second-order valence-corrected chi connectivity index (χ2v) is 7.63. The van der Waals surface area contributed by atoms with E-state index in [2.05, 4.69) is 5.32 Å². The van der Waals surface area contributed by atoms with E-state index in [1.165, 1.54) is 32.1 Å². The monoisotopic (exact) mass is 267 g/mol. The molecular formula is C15H22ClNO. The predicted molar refractivity (Wildman–Crippen MR) is 73.5 cm³/mol. The Morgan fingerprint density at radius 3 is 2.56 bits per heavy atom. The summed E-state index contributed by atoms with van der Waals surface area (Å²) in [6.45, 7) is 2.69. The van der Waals surface area contributed by atoms with Crippen molar-refractivity contribution in [3.63, 3.8) is 0 Å². The normalized spacial score (nSPS) is 45.7. The quantitative estimate of drug-likeness (QED) is 0.617. The molecule has 4 bridgehead atoms. The van der Waals surface area contributed by atoms with Crippen LogP contribution in [-0.4, -0.2) is 17.3 Å². The van der Waals surface area contributed by atoms with Crippen LogP contribution in [0.15, 0.2) is 12.2 Å². The highest BCUT2D eigenvalue weighted by Gasteiger charge is 2.56. The van der Waals surface area contributed by atoms with E-state index in [-0.39, 0.29) is 10.8 Å². The Morgan fingerprint density at radius 2 is 2.00 bits per heavy atom. The molecule has 0 aromatic carbocycles. The van der Waals surface area contributed by atoms with Gasteiger partial charge in [-0.1, -0.05) is 6.08 Å². The van der Waals surface area contributed by atoms with Crippen LogP contribution < -0.4 is 5.32 Å². The van der Waals surface area contributed by atoms with Crippen LogP contribution in [0, 0.1) is 17.3 Å². The van der Waals surface area contributed by atoms with Gasteiger partial charge < -0.3 is 5.32 Å². The topological polar surface area (TPSA) is 29.1 Å². The van der Waals surface area contributed by atoms with Gasteiger partial charge in [0.2, 0.25) is 5.91 Å². The summed E-state index contributed by atoms with van der Waals surface area (Å²) in [5.41, 5.74) is 0.295. The Balaban J connectivity index is 1.69. The molecule has 4 aliphatic carbocycles. The van der Waals surface area contributed by atoms with Crippen LogP contribution in [0.3, 0.4) is 0 Å². The summed E-state index contributed by atoms with van der Waals surface area (Å²) in [7, 11) is 0. The highest BCUT2D eigenvalue weighted by Crippen LogP contribution is 2.63. The molecule has 0 saturated heterocycles. The van der Waals surface area contributed by atoms with Gasteiger partial charge in [-0.3, -0.25) is 4.79 Å². The zero-order valence-electron chi connectivity index (χ0n) is 11.0. The average Bonchev–Trinajstić information content (AvgIpc) is 2.23. The van der Waals surface area contributed by atoms with Gasteiger partial charge in [-0.25, -0.2) is 0 Å². The molecule has 2 unspecified atom stereocenters. The summed E-state index contributed by atoms with van der Waals surface area (Å²) in [6.07, 6.45) is 10.8. The Hall–Kier alpha value is -0.500. The number of hydrogen-bond acceptors (Lipinski definition) is 1. The van der Waals surface area contributed by atoms with Crippen LogP contribution in [0.2, 0.25) is 0 Å². The van der Waals surface area contributed by atoms with Crippen molar-refractivity contribution in [1.29, 1.82) is 0 Å². The number of alkyl halides is 1. The summed E-state index contributed by atoms with van der Waals surface area (Å²) in [6, 6.07) is 0. The zero-order valence-corrected chi connectivity index (χ0v) is 11.8. The standard InChI is InChI=1S/C15H22ClNO/c1-2-3-13(18)17-10-14-5-11-4-12(6-14)8-15(16,7-11)9-14/h2-3,11-12H,4-10H2,1H3,(H,17,18)/b3-2+/t11-,12+,14?,15?. The van der Waals surface area contributed by atoms with Crippen molar-refractivity contribution in [3.05, 3.63) is 12.2 Å². The molecule has 2 nitrogen and oxygen atoms in total. The molecular weight excluding hydrogens is 246 g/mol. The van der Waals surface area contributed by atoms with Gasteiger partial charge >= 0.3 is 0 Å². The third-order valence-electron chi connectivity index (χ3n) is 5.07. The first-order valence-electron chi connectivity index (χ1n) is 7.12. The third kappa shape index (κ3) is 2.20. The summed E-state index contributed by atoms with van der Waals surface area (Å²) < 4.78 is 0. The highest BCUT2D eigenvalue weighted by molar-refractivity contribution is 6.24. The van der Waals surface area contributed by atoms with Crippen LogP contribution >= 0.6 is 11.6 Å². The minimum absolute atomic E-state index is 0.0388. The summed E-state index contributed by atoms with van der Waals surface area (Å²) in [4.78, 5) is 11.6. The van der Waals surface area contributed by atoms with Crippen molar-refractivity contribution < 1.29 is 4.79 Å². The average molecular weight is 268 g/mol. The third-order valence-corrected chi connectivity index (χ3v) is 5.51. The molecule has 3 heteroatoms. The van der Waals surface area contributed by atoms with E-state index in [0.717, 1.165) is 24.8 Å². The van der Waals surface area contributed by atoms with Gasteiger partial charge in [-0.15, -0.1) is 11.6 Å². The number of hydrogen-bond donors (Lipinski definition) is 1. The number of amides is 1. The fraction of sp³-hybridized carbons (Fsp3) is 0.800. The van der Waals surface area contributed by atoms with Gasteiger partial charge in [0.25, 0.3) is 0 Å². The number of carbonyl (C=O) groups is 1. The molecule has 0 aliphatic heterocycles. The van der Waals surface area contributed by atoms with Crippen molar-refractivity contribution in [1.82, 2.24) is 5.32 Å². The van der Waals surface area contributed by atoms with Gasteiger partial charge in [0.1, 0.15) is 0 Å². The van der Waals surface area contributed by atoms with E-state index < -0.39 is 0 Å². The van der Waals surface area contributed by atoms with Crippen LogP contribution in [-0.2, 0) is 4.79 Å². The Morgan fingerprint density at radius 1 is 1.33 bits per heavy atom. The molecule has 4 atom stereocenters. The van der Waals surface area contributed by atoms with E-state index in [4.69, 9.17) is 11.6 Å². The number of halogens is 1. The van der Waals surface area contributed by atoms with Crippen LogP contribution in [0.4, 0.5) is 0 Å². The number of carbonyl (C=O) groups excluding carboxylic acids is 1. The molecule has 4 saturated carbocycles. The lowest BCUT2D eigenvalue weighted by atomic mass is 9.49. The van der Waals surface area contributed by atoms with Crippen LogP contribution in [0.5, 0.6) is 0 Å². The maximum atomic E-state index is 11.6. The first-order valence-corrected chi connectivity index (χ1v) is 7.50. The van der Waals surface area contributed by atoms with Crippen LogP contribution in [0.1, 0.15) is 45.4 Å².